The minimum atomic E-state index is -0.644. The van der Waals surface area contributed by atoms with E-state index in [0.717, 1.165) is 6.07 Å². The van der Waals surface area contributed by atoms with Gasteiger partial charge in [0, 0.05) is 5.56 Å². The number of nitriles is 1. The molecule has 1 rings (SSSR count). The Hall–Kier alpha value is -2.09. The van der Waals surface area contributed by atoms with Crippen molar-refractivity contribution < 1.29 is 13.9 Å². The summed E-state index contributed by atoms with van der Waals surface area (Å²) in [5.74, 6) is -1.23. The molecule has 0 aromatic heterocycles. The van der Waals surface area contributed by atoms with Crippen LogP contribution in [0.25, 0.3) is 0 Å². The Morgan fingerprint density at radius 3 is 2.86 bits per heavy atom. The normalized spacial score (nSPS) is 8.93. The molecule has 0 saturated carbocycles. The molecule has 4 nitrogen and oxygen atoms in total. The molecule has 72 valence electrons. The van der Waals surface area contributed by atoms with Crippen LogP contribution in [0.5, 0.6) is 5.75 Å². The Kier molecular flexibility index (Phi) is 3.02. The lowest BCUT2D eigenvalue weighted by Crippen LogP contribution is -2.17. The first-order valence-corrected chi connectivity index (χ1v) is 3.72. The molecular weight excluding hydrogens is 187 g/mol. The van der Waals surface area contributed by atoms with E-state index in [0.29, 0.717) is 0 Å². The van der Waals surface area contributed by atoms with Gasteiger partial charge < -0.3 is 4.74 Å². The first-order valence-electron chi connectivity index (χ1n) is 3.72. The van der Waals surface area contributed by atoms with E-state index in [4.69, 9.17) is 5.26 Å². The van der Waals surface area contributed by atoms with Gasteiger partial charge in [0.1, 0.15) is 0 Å². The van der Waals surface area contributed by atoms with Crippen molar-refractivity contribution in [2.45, 2.75) is 0 Å². The van der Waals surface area contributed by atoms with Gasteiger partial charge in [-0.1, -0.05) is 0 Å². The molecule has 0 radical (unpaired) electrons. The van der Waals surface area contributed by atoms with Crippen LogP contribution in [0.15, 0.2) is 18.2 Å². The Bertz CT molecular complexity index is 398. The van der Waals surface area contributed by atoms with Gasteiger partial charge in [0.05, 0.1) is 7.11 Å². The third kappa shape index (κ3) is 1.98. The molecule has 1 aromatic rings. The highest BCUT2D eigenvalue weighted by Gasteiger charge is 2.08. The lowest BCUT2D eigenvalue weighted by Gasteiger charge is -2.02. The molecule has 14 heavy (non-hydrogen) atoms. The average molecular weight is 194 g/mol. The van der Waals surface area contributed by atoms with Crippen molar-refractivity contribution in [1.29, 1.82) is 5.26 Å². The van der Waals surface area contributed by atoms with Crippen molar-refractivity contribution in [1.82, 2.24) is 5.32 Å². The molecule has 0 aliphatic heterocycles. The van der Waals surface area contributed by atoms with Gasteiger partial charge >= 0.3 is 0 Å². The van der Waals surface area contributed by atoms with Gasteiger partial charge in [-0.2, -0.15) is 5.26 Å². The number of methoxy groups -OCH3 is 1. The summed E-state index contributed by atoms with van der Waals surface area (Å²) >= 11 is 0. The monoisotopic (exact) mass is 194 g/mol. The molecule has 1 aromatic carbocycles. The number of carbonyl (C=O) groups excluding carboxylic acids is 1. The van der Waals surface area contributed by atoms with Crippen LogP contribution >= 0.6 is 0 Å². The second-order valence-electron chi connectivity index (χ2n) is 2.42. The molecular formula is C9H7FN2O2. The molecule has 0 spiro atoms. The maximum absolute atomic E-state index is 13.1. The summed E-state index contributed by atoms with van der Waals surface area (Å²) in [5, 5.41) is 10.1. The lowest BCUT2D eigenvalue weighted by atomic mass is 10.2. The van der Waals surface area contributed by atoms with Crippen LogP contribution in [0.3, 0.4) is 0 Å². The minimum absolute atomic E-state index is 0.0542. The third-order valence-electron chi connectivity index (χ3n) is 1.58. The zero-order chi connectivity index (χ0) is 10.6. The van der Waals surface area contributed by atoms with E-state index in [1.54, 1.807) is 0 Å². The first kappa shape index (κ1) is 9.99. The second-order valence-corrected chi connectivity index (χ2v) is 2.42. The molecule has 0 unspecified atom stereocenters. The lowest BCUT2D eigenvalue weighted by molar-refractivity contribution is 0.0972. The van der Waals surface area contributed by atoms with Gasteiger partial charge in [0.25, 0.3) is 5.91 Å². The molecule has 0 fully saturated rings. The van der Waals surface area contributed by atoms with Gasteiger partial charge in [-0.3, -0.25) is 10.1 Å². The number of carbonyl (C=O) groups is 1. The molecule has 1 N–H and O–H groups in total. The summed E-state index contributed by atoms with van der Waals surface area (Å²) in [6, 6.07) is 3.70. The fraction of sp³-hybridized carbons (Fsp3) is 0.111. The maximum atomic E-state index is 13.1. The molecule has 5 heteroatoms. The van der Waals surface area contributed by atoms with Crippen LogP contribution in [0, 0.1) is 17.3 Å². The summed E-state index contributed by atoms with van der Waals surface area (Å²) < 4.78 is 17.7. The van der Waals surface area contributed by atoms with Gasteiger partial charge in [-0.15, -0.1) is 0 Å². The summed E-state index contributed by atoms with van der Waals surface area (Å²) in [4.78, 5) is 11.1. The SMILES string of the molecule is COc1ccc(C(=O)NC#N)cc1F. The first-order chi connectivity index (χ1) is 6.69. The number of amides is 1. The zero-order valence-electron chi connectivity index (χ0n) is 7.37. The smallest absolute Gasteiger partial charge is 0.264 e. The molecule has 0 aliphatic rings. The van der Waals surface area contributed by atoms with Crippen molar-refractivity contribution in [2.24, 2.45) is 0 Å². The number of nitrogens with one attached hydrogen (secondary N) is 1. The molecule has 0 atom stereocenters. The number of hydrogen-bond donors (Lipinski definition) is 1. The highest BCUT2D eigenvalue weighted by Crippen LogP contribution is 2.17. The maximum Gasteiger partial charge on any atom is 0.264 e. The predicted octanol–water partition coefficient (Wildman–Crippen LogP) is 1.05. The van der Waals surface area contributed by atoms with Crippen LogP contribution in [0.1, 0.15) is 10.4 Å². The van der Waals surface area contributed by atoms with Gasteiger partial charge in [-0.25, -0.2) is 4.39 Å². The number of ether oxygens (including phenoxy) is 1. The van der Waals surface area contributed by atoms with Gasteiger partial charge in [0.15, 0.2) is 17.8 Å². The summed E-state index contributed by atoms with van der Waals surface area (Å²) in [6.07, 6.45) is 1.46. The van der Waals surface area contributed by atoms with E-state index < -0.39 is 11.7 Å². The largest absolute Gasteiger partial charge is 0.494 e. The van der Waals surface area contributed by atoms with Crippen LogP contribution in [0.2, 0.25) is 0 Å². The molecule has 0 bridgehead atoms. The van der Waals surface area contributed by atoms with E-state index in [1.165, 1.54) is 25.4 Å². The van der Waals surface area contributed by atoms with E-state index in [-0.39, 0.29) is 11.3 Å². The van der Waals surface area contributed by atoms with Gasteiger partial charge in [-0.05, 0) is 18.2 Å². The van der Waals surface area contributed by atoms with E-state index in [2.05, 4.69) is 4.74 Å². The number of halogens is 1. The van der Waals surface area contributed by atoms with Crippen molar-refractivity contribution in [2.75, 3.05) is 7.11 Å². The van der Waals surface area contributed by atoms with Crippen molar-refractivity contribution in [3.05, 3.63) is 29.6 Å². The van der Waals surface area contributed by atoms with Crippen molar-refractivity contribution >= 4 is 5.91 Å². The zero-order valence-corrected chi connectivity index (χ0v) is 7.37. The minimum Gasteiger partial charge on any atom is -0.494 e. The fourth-order valence-corrected chi connectivity index (χ4v) is 0.931. The third-order valence-corrected chi connectivity index (χ3v) is 1.58. The Balaban J connectivity index is 2.98. The molecule has 0 aliphatic carbocycles. The average Bonchev–Trinajstić information content (AvgIpc) is 2.18. The van der Waals surface area contributed by atoms with Gasteiger partial charge in [0.2, 0.25) is 0 Å². The Morgan fingerprint density at radius 2 is 2.36 bits per heavy atom. The van der Waals surface area contributed by atoms with Crippen molar-refractivity contribution in [3.8, 4) is 11.9 Å². The van der Waals surface area contributed by atoms with E-state index in [9.17, 15) is 9.18 Å². The Morgan fingerprint density at radius 1 is 1.64 bits per heavy atom. The number of rotatable bonds is 2. The number of benzene rings is 1. The fourth-order valence-electron chi connectivity index (χ4n) is 0.931. The number of nitrogens with zero attached hydrogens (tertiary/aromatic N) is 1. The topological polar surface area (TPSA) is 62.1 Å². The van der Waals surface area contributed by atoms with Crippen LogP contribution in [0.4, 0.5) is 4.39 Å². The van der Waals surface area contributed by atoms with Crippen LogP contribution in [-0.2, 0) is 0 Å². The molecule has 0 saturated heterocycles. The quantitative estimate of drug-likeness (QED) is 0.565. The van der Waals surface area contributed by atoms with E-state index in [1.807, 2.05) is 5.32 Å². The highest BCUT2D eigenvalue weighted by atomic mass is 19.1. The summed E-state index contributed by atoms with van der Waals surface area (Å²) in [7, 11) is 1.33. The summed E-state index contributed by atoms with van der Waals surface area (Å²) in [5.41, 5.74) is 0.0739. The summed E-state index contributed by atoms with van der Waals surface area (Å²) in [6.45, 7) is 0. The van der Waals surface area contributed by atoms with Crippen molar-refractivity contribution in [3.63, 3.8) is 0 Å². The Labute approximate surface area is 79.9 Å². The van der Waals surface area contributed by atoms with Crippen LogP contribution < -0.4 is 10.1 Å². The van der Waals surface area contributed by atoms with E-state index >= 15 is 0 Å². The standard InChI is InChI=1S/C9H7FN2O2/c1-14-8-3-2-6(4-7(8)10)9(13)12-5-11/h2-4H,1H3,(H,12,13). The number of hydrogen-bond acceptors (Lipinski definition) is 3. The van der Waals surface area contributed by atoms with Crippen LogP contribution in [-0.4, -0.2) is 13.0 Å². The molecule has 0 heterocycles. The highest BCUT2D eigenvalue weighted by molar-refractivity contribution is 5.95. The predicted molar refractivity (Wildman–Crippen MR) is 46.0 cm³/mol. The molecule has 1 amide bonds. The second kappa shape index (κ2) is 4.23.